The van der Waals surface area contributed by atoms with Gasteiger partial charge in [-0.25, -0.2) is 12.8 Å². The van der Waals surface area contributed by atoms with Gasteiger partial charge in [-0.15, -0.1) is 11.8 Å². The van der Waals surface area contributed by atoms with Gasteiger partial charge in [0.2, 0.25) is 15.9 Å². The normalized spacial score (nSPS) is 16.7. The highest BCUT2D eigenvalue weighted by Gasteiger charge is 2.31. The standard InChI is InChI=1S/C20H23FN2O3S2/c1-16(27-15-17-7-9-18(21)10-8-17)20(24)22-11-13-23(14-12-22)28(25,26)19-5-3-2-4-6-19/h2-10,16H,11-15H2,1H3/t16-/m0/s1. The molecule has 28 heavy (non-hydrogen) atoms. The van der Waals surface area contributed by atoms with Crippen molar-refractivity contribution in [2.24, 2.45) is 0 Å². The lowest BCUT2D eigenvalue weighted by Gasteiger charge is -2.35. The number of piperazine rings is 1. The van der Waals surface area contributed by atoms with Gasteiger partial charge < -0.3 is 4.90 Å². The average molecular weight is 423 g/mol. The zero-order chi connectivity index (χ0) is 20.1. The molecule has 1 amide bonds. The van der Waals surface area contributed by atoms with Gasteiger partial charge in [-0.2, -0.15) is 4.31 Å². The molecular weight excluding hydrogens is 399 g/mol. The molecule has 8 heteroatoms. The molecule has 1 saturated heterocycles. The second-order valence-electron chi connectivity index (χ2n) is 6.62. The molecular formula is C20H23FN2O3S2. The van der Waals surface area contributed by atoms with Crippen molar-refractivity contribution in [2.75, 3.05) is 26.2 Å². The fourth-order valence-corrected chi connectivity index (χ4v) is 5.39. The molecule has 2 aromatic rings. The Balaban J connectivity index is 1.52. The second kappa shape index (κ2) is 9.07. The van der Waals surface area contributed by atoms with Crippen LogP contribution >= 0.6 is 11.8 Å². The summed E-state index contributed by atoms with van der Waals surface area (Å²) in [7, 11) is -3.52. The van der Waals surface area contributed by atoms with Crippen LogP contribution in [0.15, 0.2) is 59.5 Å². The molecule has 0 unspecified atom stereocenters. The van der Waals surface area contributed by atoms with Gasteiger partial charge in [-0.1, -0.05) is 30.3 Å². The van der Waals surface area contributed by atoms with E-state index >= 15 is 0 Å². The summed E-state index contributed by atoms with van der Waals surface area (Å²) in [5, 5.41) is -0.248. The molecule has 3 rings (SSSR count). The minimum atomic E-state index is -3.52. The largest absolute Gasteiger partial charge is 0.339 e. The number of halogens is 1. The SMILES string of the molecule is C[C@H](SCc1ccc(F)cc1)C(=O)N1CCN(S(=O)(=O)c2ccccc2)CC1. The van der Waals surface area contributed by atoms with Gasteiger partial charge in [-0.05, 0) is 36.8 Å². The number of hydrogen-bond donors (Lipinski definition) is 0. The predicted octanol–water partition coefficient (Wildman–Crippen LogP) is 2.98. The van der Waals surface area contributed by atoms with E-state index in [1.54, 1.807) is 47.4 Å². The third-order valence-electron chi connectivity index (χ3n) is 4.69. The number of amides is 1. The minimum absolute atomic E-state index is 0.00358. The maximum atomic E-state index is 13.0. The van der Waals surface area contributed by atoms with Crippen molar-refractivity contribution in [3.05, 3.63) is 66.0 Å². The summed E-state index contributed by atoms with van der Waals surface area (Å²) in [5.41, 5.74) is 0.963. The maximum Gasteiger partial charge on any atom is 0.243 e. The fraction of sp³-hybridized carbons (Fsp3) is 0.350. The molecule has 1 heterocycles. The molecule has 0 N–H and O–H groups in total. The van der Waals surface area contributed by atoms with Gasteiger partial charge in [0.15, 0.2) is 0 Å². The number of nitrogens with zero attached hydrogens (tertiary/aromatic N) is 2. The number of carbonyl (C=O) groups excluding carboxylic acids is 1. The zero-order valence-electron chi connectivity index (χ0n) is 15.6. The smallest absolute Gasteiger partial charge is 0.243 e. The first-order valence-corrected chi connectivity index (χ1v) is 11.6. The monoisotopic (exact) mass is 422 g/mol. The summed E-state index contributed by atoms with van der Waals surface area (Å²) >= 11 is 1.49. The third-order valence-corrected chi connectivity index (χ3v) is 7.81. The maximum absolute atomic E-state index is 13.0. The number of hydrogen-bond acceptors (Lipinski definition) is 4. The van der Waals surface area contributed by atoms with Crippen LogP contribution in [0.3, 0.4) is 0 Å². The summed E-state index contributed by atoms with van der Waals surface area (Å²) in [6.07, 6.45) is 0. The highest BCUT2D eigenvalue weighted by molar-refractivity contribution is 7.99. The quantitative estimate of drug-likeness (QED) is 0.718. The van der Waals surface area contributed by atoms with Crippen LogP contribution in [-0.4, -0.2) is 55.0 Å². The van der Waals surface area contributed by atoms with E-state index in [0.717, 1.165) is 5.56 Å². The van der Waals surface area contributed by atoms with Crippen LogP contribution in [0, 0.1) is 5.82 Å². The Morgan fingerprint density at radius 3 is 2.25 bits per heavy atom. The van der Waals surface area contributed by atoms with Crippen LogP contribution in [0.2, 0.25) is 0 Å². The summed E-state index contributed by atoms with van der Waals surface area (Å²) in [6, 6.07) is 14.6. The van der Waals surface area contributed by atoms with E-state index in [2.05, 4.69) is 0 Å². The number of sulfonamides is 1. The summed E-state index contributed by atoms with van der Waals surface area (Å²) < 4.78 is 39.7. The molecule has 2 aromatic carbocycles. The van der Waals surface area contributed by atoms with Crippen molar-refractivity contribution in [2.45, 2.75) is 22.8 Å². The zero-order valence-corrected chi connectivity index (χ0v) is 17.3. The van der Waals surface area contributed by atoms with E-state index in [4.69, 9.17) is 0 Å². The third kappa shape index (κ3) is 4.92. The van der Waals surface area contributed by atoms with E-state index in [1.807, 2.05) is 6.92 Å². The topological polar surface area (TPSA) is 57.7 Å². The van der Waals surface area contributed by atoms with E-state index < -0.39 is 10.0 Å². The first-order valence-electron chi connectivity index (χ1n) is 9.08. The molecule has 5 nitrogen and oxygen atoms in total. The van der Waals surface area contributed by atoms with Gasteiger partial charge in [0.05, 0.1) is 10.1 Å². The van der Waals surface area contributed by atoms with Gasteiger partial charge in [-0.3, -0.25) is 4.79 Å². The average Bonchev–Trinajstić information content (AvgIpc) is 2.73. The molecule has 150 valence electrons. The lowest BCUT2D eigenvalue weighted by Crippen LogP contribution is -2.52. The molecule has 0 spiro atoms. The minimum Gasteiger partial charge on any atom is -0.339 e. The molecule has 0 aliphatic carbocycles. The Labute approximate surface area is 169 Å². The summed E-state index contributed by atoms with van der Waals surface area (Å²) in [6.45, 7) is 3.19. The van der Waals surface area contributed by atoms with Crippen molar-refractivity contribution in [1.29, 1.82) is 0 Å². The molecule has 0 saturated carbocycles. The van der Waals surface area contributed by atoms with Gasteiger partial charge in [0, 0.05) is 31.9 Å². The van der Waals surface area contributed by atoms with Crippen molar-refractivity contribution in [3.63, 3.8) is 0 Å². The van der Waals surface area contributed by atoms with Gasteiger partial charge in [0.1, 0.15) is 5.82 Å². The first-order chi connectivity index (χ1) is 13.4. The predicted molar refractivity (Wildman–Crippen MR) is 109 cm³/mol. The van der Waals surface area contributed by atoms with Crippen molar-refractivity contribution in [1.82, 2.24) is 9.21 Å². The number of rotatable bonds is 6. The van der Waals surface area contributed by atoms with Crippen LogP contribution in [0.25, 0.3) is 0 Å². The lowest BCUT2D eigenvalue weighted by molar-refractivity contribution is -0.131. The van der Waals surface area contributed by atoms with E-state index in [-0.39, 0.29) is 35.0 Å². The van der Waals surface area contributed by atoms with E-state index in [1.165, 1.54) is 28.2 Å². The Morgan fingerprint density at radius 2 is 1.64 bits per heavy atom. The summed E-state index contributed by atoms with van der Waals surface area (Å²) in [5.74, 6) is 0.347. The first kappa shape index (κ1) is 20.8. The highest BCUT2D eigenvalue weighted by atomic mass is 32.2. The Hall–Kier alpha value is -1.90. The van der Waals surface area contributed by atoms with E-state index in [0.29, 0.717) is 18.8 Å². The van der Waals surface area contributed by atoms with Crippen molar-refractivity contribution < 1.29 is 17.6 Å². The molecule has 0 bridgehead atoms. The van der Waals surface area contributed by atoms with E-state index in [9.17, 15) is 17.6 Å². The molecule has 0 radical (unpaired) electrons. The molecule has 0 aromatic heterocycles. The van der Waals surface area contributed by atoms with Crippen molar-refractivity contribution >= 4 is 27.7 Å². The van der Waals surface area contributed by atoms with Crippen LogP contribution in [0.1, 0.15) is 12.5 Å². The molecule has 1 aliphatic heterocycles. The van der Waals surface area contributed by atoms with Crippen LogP contribution < -0.4 is 0 Å². The lowest BCUT2D eigenvalue weighted by atomic mass is 10.2. The number of carbonyl (C=O) groups is 1. The summed E-state index contributed by atoms with van der Waals surface area (Å²) in [4.78, 5) is 14.7. The van der Waals surface area contributed by atoms with Gasteiger partial charge >= 0.3 is 0 Å². The molecule has 1 aliphatic rings. The number of thioether (sulfide) groups is 1. The fourth-order valence-electron chi connectivity index (χ4n) is 3.02. The van der Waals surface area contributed by atoms with Crippen LogP contribution in [-0.2, 0) is 20.6 Å². The van der Waals surface area contributed by atoms with Crippen molar-refractivity contribution in [3.8, 4) is 0 Å². The second-order valence-corrected chi connectivity index (χ2v) is 9.89. The number of benzene rings is 2. The Bertz CT molecular complexity index is 897. The molecule has 1 fully saturated rings. The molecule has 1 atom stereocenters. The highest BCUT2D eigenvalue weighted by Crippen LogP contribution is 2.22. The Kier molecular flexibility index (Phi) is 6.74. The van der Waals surface area contributed by atoms with Gasteiger partial charge in [0.25, 0.3) is 0 Å². The van der Waals surface area contributed by atoms with Crippen LogP contribution in [0.5, 0.6) is 0 Å². The Morgan fingerprint density at radius 1 is 1.04 bits per heavy atom. The van der Waals surface area contributed by atoms with Crippen LogP contribution in [0.4, 0.5) is 4.39 Å².